The van der Waals surface area contributed by atoms with Crippen LogP contribution in [0, 0.1) is 0 Å². The van der Waals surface area contributed by atoms with E-state index in [0.717, 1.165) is 65.5 Å². The van der Waals surface area contributed by atoms with Crippen LogP contribution in [0.15, 0.2) is 226 Å². The summed E-state index contributed by atoms with van der Waals surface area (Å²) in [5.41, 5.74) is 8.31. The van der Waals surface area contributed by atoms with Crippen LogP contribution >= 0.6 is 39.5 Å². The number of benzene rings is 8. The normalized spacial score (nSPS) is 15.0. The molecule has 0 N–H and O–H groups in total. The lowest BCUT2D eigenvalue weighted by Crippen LogP contribution is -2.19. The molecule has 0 bridgehead atoms. The summed E-state index contributed by atoms with van der Waals surface area (Å²) in [6.07, 6.45) is 1.87. The van der Waals surface area contributed by atoms with Gasteiger partial charge in [-0.2, -0.15) is 0 Å². The number of anilines is 3. The molecule has 0 saturated carbocycles. The fourth-order valence-corrected chi connectivity index (χ4v) is 14.8. The molecule has 300 valence electrons. The van der Waals surface area contributed by atoms with E-state index in [-0.39, 0.29) is 0 Å². The Balaban J connectivity index is 0.000000121. The van der Waals surface area contributed by atoms with Gasteiger partial charge in [-0.05, 0) is 107 Å². The summed E-state index contributed by atoms with van der Waals surface area (Å²) in [6, 6.07) is 58.4. The Morgan fingerprint density at radius 3 is 1.39 bits per heavy atom. The van der Waals surface area contributed by atoms with Crippen molar-refractivity contribution < 1.29 is 21.6 Å². The summed E-state index contributed by atoms with van der Waals surface area (Å²) in [4.78, 5) is 6.92. The molecule has 8 aromatic rings. The Bertz CT molecular complexity index is 3130. The Labute approximate surface area is 372 Å². The lowest BCUT2D eigenvalue weighted by Gasteiger charge is -2.34. The summed E-state index contributed by atoms with van der Waals surface area (Å²) in [5.74, 6) is 1.98. The van der Waals surface area contributed by atoms with E-state index in [0.29, 0.717) is 19.6 Å². The minimum Gasteiger partial charge on any atom is -0.457 e. The zero-order chi connectivity index (χ0) is 41.7. The first-order valence-corrected chi connectivity index (χ1v) is 24.8. The van der Waals surface area contributed by atoms with Gasteiger partial charge in [0.1, 0.15) is 11.5 Å². The van der Waals surface area contributed by atoms with E-state index in [1.54, 1.807) is 42.5 Å². The molecule has 0 spiro atoms. The van der Waals surface area contributed by atoms with Crippen molar-refractivity contribution in [2.45, 2.75) is 52.0 Å². The number of nitrogens with zero attached hydrogens (tertiary/aromatic N) is 1. The molecule has 0 amide bonds. The van der Waals surface area contributed by atoms with Crippen molar-refractivity contribution in [3.05, 3.63) is 209 Å². The van der Waals surface area contributed by atoms with Crippen molar-refractivity contribution in [3.63, 3.8) is 0 Å². The second-order valence-electron chi connectivity index (χ2n) is 14.6. The largest absolute Gasteiger partial charge is 0.457 e. The zero-order valence-electron chi connectivity index (χ0n) is 32.2. The summed E-state index contributed by atoms with van der Waals surface area (Å²) in [6.45, 7) is 0. The first-order valence-electron chi connectivity index (χ1n) is 19.4. The molecule has 0 atom stereocenters. The number of fused-ring (bicyclic) bond motifs is 8. The van der Waals surface area contributed by atoms with Crippen LogP contribution in [0.1, 0.15) is 22.3 Å². The van der Waals surface area contributed by atoms with E-state index < -0.39 is 19.7 Å². The third-order valence-corrected chi connectivity index (χ3v) is 17.8. The van der Waals surface area contributed by atoms with E-state index in [1.807, 2.05) is 78.9 Å². The Morgan fingerprint density at radius 2 is 0.836 bits per heavy atom. The number of rotatable bonds is 1. The third kappa shape index (κ3) is 7.38. The second kappa shape index (κ2) is 16.0. The van der Waals surface area contributed by atoms with Gasteiger partial charge in [0.05, 0.1) is 19.6 Å². The van der Waals surface area contributed by atoms with Crippen molar-refractivity contribution in [2.75, 3.05) is 4.90 Å². The molecule has 8 aromatic carbocycles. The molecule has 6 nitrogen and oxygen atoms in total. The highest BCUT2D eigenvalue weighted by atomic mass is 79.9. The molecule has 61 heavy (non-hydrogen) atoms. The lowest BCUT2D eigenvalue weighted by molar-refractivity contribution is 0.460. The number of ether oxygens (including phenoxy) is 1. The standard InChI is InChI=1S/C25H17NO2S2.C13H10O.C12H7BrO2S2/c27-30(28)24-12-6-5-11-22(24)29-23-16-19(13-14-25(23)30)26-20-9-3-1-7-17(20)15-18-8-2-4-10-21(18)26;1-3-7-12-10(5-1)9-11-6-2-4-8-13(11)14-12;13-8-5-6-12-10(7-8)16-9-3-1-2-4-11(9)17(12,14)15/h1-14,16H,15H2;1-8H,9H2;1-7H. The van der Waals surface area contributed by atoms with Gasteiger partial charge in [0.2, 0.25) is 19.7 Å². The van der Waals surface area contributed by atoms with Crippen molar-refractivity contribution in [3.8, 4) is 11.5 Å². The summed E-state index contributed by atoms with van der Waals surface area (Å²) >= 11 is 6.37. The summed E-state index contributed by atoms with van der Waals surface area (Å²) < 4.78 is 57.7. The first-order chi connectivity index (χ1) is 29.6. The molecule has 0 aromatic heterocycles. The van der Waals surface area contributed by atoms with Gasteiger partial charge in [-0.15, -0.1) is 0 Å². The molecule has 0 radical (unpaired) electrons. The first kappa shape index (κ1) is 39.6. The molecule has 12 rings (SSSR count). The Kier molecular flexibility index (Phi) is 10.4. The third-order valence-electron chi connectivity index (χ3n) is 10.8. The average Bonchev–Trinajstić information content (AvgIpc) is 3.27. The lowest BCUT2D eigenvalue weighted by atomic mass is 9.95. The molecule has 0 fully saturated rings. The van der Waals surface area contributed by atoms with Gasteiger partial charge >= 0.3 is 0 Å². The molecular weight excluding hydrogens is 903 g/mol. The highest BCUT2D eigenvalue weighted by Crippen LogP contribution is 2.49. The molecule has 0 aliphatic carbocycles. The van der Waals surface area contributed by atoms with Crippen molar-refractivity contribution in [1.29, 1.82) is 0 Å². The predicted molar refractivity (Wildman–Crippen MR) is 246 cm³/mol. The topological polar surface area (TPSA) is 80.8 Å². The van der Waals surface area contributed by atoms with Crippen molar-refractivity contribution >= 4 is 76.2 Å². The predicted octanol–water partition coefficient (Wildman–Crippen LogP) is 13.5. The highest BCUT2D eigenvalue weighted by molar-refractivity contribution is 9.10. The van der Waals surface area contributed by atoms with Crippen molar-refractivity contribution in [2.24, 2.45) is 0 Å². The number of hydrogen-bond donors (Lipinski definition) is 0. The zero-order valence-corrected chi connectivity index (χ0v) is 37.1. The van der Waals surface area contributed by atoms with Gasteiger partial charge in [0.25, 0.3) is 0 Å². The molecular formula is C50H34BrNO5S4. The minimum absolute atomic E-state index is 0.383. The molecule has 4 heterocycles. The van der Waals surface area contributed by atoms with Crippen LogP contribution in [-0.2, 0) is 32.5 Å². The number of sulfone groups is 2. The summed E-state index contributed by atoms with van der Waals surface area (Å²) in [7, 11) is -6.87. The SMILES string of the molecule is O=S1(=O)c2ccccc2Sc2cc(Br)ccc21.O=S1(=O)c2ccccc2Sc2cc(N3c4ccccc4Cc4ccccc43)ccc21.c1ccc2c(c1)Cc1ccccc1O2. The van der Waals surface area contributed by atoms with Crippen LogP contribution in [0.4, 0.5) is 17.1 Å². The number of hydrogen-bond acceptors (Lipinski definition) is 8. The maximum Gasteiger partial charge on any atom is 0.208 e. The number of para-hydroxylation sites is 4. The van der Waals surface area contributed by atoms with Crippen LogP contribution in [0.25, 0.3) is 0 Å². The Hall–Kier alpha value is -5.56. The van der Waals surface area contributed by atoms with Gasteiger partial charge in [-0.1, -0.05) is 137 Å². The Morgan fingerprint density at radius 1 is 0.426 bits per heavy atom. The van der Waals surface area contributed by atoms with E-state index in [2.05, 4.69) is 81.5 Å². The van der Waals surface area contributed by atoms with Crippen LogP contribution in [0.5, 0.6) is 11.5 Å². The van der Waals surface area contributed by atoms with E-state index >= 15 is 0 Å². The van der Waals surface area contributed by atoms with Gasteiger partial charge < -0.3 is 9.64 Å². The molecule has 4 aliphatic heterocycles. The quantitative estimate of drug-likeness (QED) is 0.161. The van der Waals surface area contributed by atoms with Crippen molar-refractivity contribution in [1.82, 2.24) is 0 Å². The van der Waals surface area contributed by atoms with Crippen LogP contribution in [0.2, 0.25) is 0 Å². The summed E-state index contributed by atoms with van der Waals surface area (Å²) in [5, 5.41) is 0. The molecule has 11 heteroatoms. The molecule has 4 aliphatic rings. The minimum atomic E-state index is -3.51. The van der Waals surface area contributed by atoms with E-state index in [1.165, 1.54) is 45.8 Å². The number of halogens is 1. The van der Waals surface area contributed by atoms with Gasteiger partial charge in [0.15, 0.2) is 0 Å². The maximum absolute atomic E-state index is 13.2. The molecule has 0 saturated heterocycles. The highest BCUT2D eigenvalue weighted by Gasteiger charge is 2.32. The maximum atomic E-state index is 13.2. The fraction of sp³-hybridized carbons (Fsp3) is 0.0400. The average molecular weight is 937 g/mol. The van der Waals surface area contributed by atoms with Gasteiger partial charge in [0, 0.05) is 54.0 Å². The van der Waals surface area contributed by atoms with E-state index in [9.17, 15) is 16.8 Å². The van der Waals surface area contributed by atoms with Gasteiger partial charge in [-0.25, -0.2) is 16.8 Å². The fourth-order valence-electron chi connectivity index (χ4n) is 7.90. The smallest absolute Gasteiger partial charge is 0.208 e. The van der Waals surface area contributed by atoms with Crippen LogP contribution < -0.4 is 9.64 Å². The van der Waals surface area contributed by atoms with E-state index in [4.69, 9.17) is 4.74 Å². The monoisotopic (exact) mass is 935 g/mol. The van der Waals surface area contributed by atoms with Crippen LogP contribution in [0.3, 0.4) is 0 Å². The van der Waals surface area contributed by atoms with Gasteiger partial charge in [-0.3, -0.25) is 0 Å². The second-order valence-corrected chi connectivity index (χ2v) is 21.4. The molecule has 0 unspecified atom stereocenters. The van der Waals surface area contributed by atoms with Crippen LogP contribution in [-0.4, -0.2) is 16.8 Å².